The smallest absolute Gasteiger partial charge is 0.138 e. The van der Waals surface area contributed by atoms with E-state index in [4.69, 9.17) is 4.98 Å². The van der Waals surface area contributed by atoms with Gasteiger partial charge in [-0.2, -0.15) is 5.10 Å². The molecule has 1 atom stereocenters. The number of fused-ring (bicyclic) bond motifs is 1. The molecule has 7 heteroatoms. The van der Waals surface area contributed by atoms with Crippen molar-refractivity contribution < 1.29 is 0 Å². The Morgan fingerprint density at radius 3 is 2.68 bits per heavy atom. The highest BCUT2D eigenvalue weighted by molar-refractivity contribution is 5.53. The van der Waals surface area contributed by atoms with Crippen LogP contribution >= 0.6 is 0 Å². The lowest BCUT2D eigenvalue weighted by atomic mass is 10.1. The molecule has 5 heterocycles. The van der Waals surface area contributed by atoms with Gasteiger partial charge in [0.15, 0.2) is 0 Å². The van der Waals surface area contributed by atoms with E-state index in [0.717, 1.165) is 50.8 Å². The first-order valence-electron chi connectivity index (χ1n) is 11.9. The Balaban J connectivity index is 1.29. The zero-order valence-corrected chi connectivity index (χ0v) is 18.5. The molecule has 31 heavy (non-hydrogen) atoms. The molecular weight excluding hydrogens is 386 g/mol. The van der Waals surface area contributed by atoms with Crippen molar-refractivity contribution in [1.82, 2.24) is 29.0 Å². The fraction of sp³-hybridized carbons (Fsp3) is 0.583. The van der Waals surface area contributed by atoms with Gasteiger partial charge in [-0.1, -0.05) is 6.07 Å². The Bertz CT molecular complexity index is 1040. The zero-order valence-electron chi connectivity index (χ0n) is 18.5. The number of nitrogens with zero attached hydrogens (tertiary/aromatic N) is 7. The Hall–Kier alpha value is -2.38. The third-order valence-corrected chi connectivity index (χ3v) is 7.19. The molecule has 1 aliphatic carbocycles. The Labute approximate surface area is 184 Å². The number of anilines is 1. The van der Waals surface area contributed by atoms with Crippen molar-refractivity contribution in [2.75, 3.05) is 44.2 Å². The number of hydrogen-bond donors (Lipinski definition) is 0. The molecule has 3 aliphatic rings. The minimum Gasteiger partial charge on any atom is -0.358 e. The second kappa shape index (κ2) is 7.95. The zero-order chi connectivity index (χ0) is 20.8. The molecule has 3 aromatic rings. The van der Waals surface area contributed by atoms with Gasteiger partial charge in [-0.3, -0.25) is 18.9 Å². The number of aromatic nitrogens is 4. The van der Waals surface area contributed by atoms with E-state index in [1.54, 1.807) is 0 Å². The maximum absolute atomic E-state index is 5.14. The van der Waals surface area contributed by atoms with Crippen LogP contribution < -0.4 is 4.90 Å². The maximum atomic E-state index is 5.14. The molecule has 7 nitrogen and oxygen atoms in total. The molecule has 0 unspecified atom stereocenters. The van der Waals surface area contributed by atoms with Crippen LogP contribution in [0.1, 0.15) is 43.0 Å². The van der Waals surface area contributed by atoms with Gasteiger partial charge in [0.05, 0.1) is 17.9 Å². The van der Waals surface area contributed by atoms with Crippen LogP contribution in [0.2, 0.25) is 0 Å². The second-order valence-electron chi connectivity index (χ2n) is 9.68. The second-order valence-corrected chi connectivity index (χ2v) is 9.68. The fourth-order valence-electron chi connectivity index (χ4n) is 5.34. The van der Waals surface area contributed by atoms with E-state index < -0.39 is 0 Å². The van der Waals surface area contributed by atoms with E-state index in [1.165, 1.54) is 49.3 Å². The molecule has 0 bridgehead atoms. The van der Waals surface area contributed by atoms with Gasteiger partial charge >= 0.3 is 0 Å². The quantitative estimate of drug-likeness (QED) is 0.615. The van der Waals surface area contributed by atoms with Crippen molar-refractivity contribution in [3.8, 4) is 0 Å². The highest BCUT2D eigenvalue weighted by Crippen LogP contribution is 2.35. The van der Waals surface area contributed by atoms with E-state index >= 15 is 0 Å². The molecule has 1 saturated carbocycles. The predicted octanol–water partition coefficient (Wildman–Crippen LogP) is 2.94. The predicted molar refractivity (Wildman–Crippen MR) is 122 cm³/mol. The van der Waals surface area contributed by atoms with E-state index in [-0.39, 0.29) is 0 Å². The first kappa shape index (κ1) is 19.3. The molecule has 6 rings (SSSR count). The van der Waals surface area contributed by atoms with Gasteiger partial charge in [-0.05, 0) is 43.7 Å². The van der Waals surface area contributed by atoms with E-state index in [0.29, 0.717) is 6.04 Å². The average Bonchev–Trinajstić information content (AvgIpc) is 3.16. The summed E-state index contributed by atoms with van der Waals surface area (Å²) in [6.45, 7) is 7.76. The average molecular weight is 420 g/mol. The summed E-state index contributed by atoms with van der Waals surface area (Å²) in [6.07, 6.45) is 11.8. The number of imidazole rings is 1. The summed E-state index contributed by atoms with van der Waals surface area (Å²) in [5.41, 5.74) is 3.60. The van der Waals surface area contributed by atoms with Crippen LogP contribution in [0, 0.1) is 5.92 Å². The van der Waals surface area contributed by atoms with E-state index in [2.05, 4.69) is 54.8 Å². The SMILES string of the molecule is Cn1cc(CN2CCN(CC3CC3)[C@H](c3cn4c(N5CCCC5)cccc4n3)C2)cn1. The summed E-state index contributed by atoms with van der Waals surface area (Å²) < 4.78 is 4.23. The number of piperazine rings is 1. The molecule has 3 aromatic heterocycles. The van der Waals surface area contributed by atoms with Gasteiger partial charge in [0, 0.05) is 70.8 Å². The largest absolute Gasteiger partial charge is 0.358 e. The highest BCUT2D eigenvalue weighted by Gasteiger charge is 2.34. The first-order valence-corrected chi connectivity index (χ1v) is 11.9. The molecule has 0 spiro atoms. The monoisotopic (exact) mass is 419 g/mol. The van der Waals surface area contributed by atoms with Crippen molar-refractivity contribution in [1.29, 1.82) is 0 Å². The van der Waals surface area contributed by atoms with Gasteiger partial charge in [-0.25, -0.2) is 4.98 Å². The maximum Gasteiger partial charge on any atom is 0.138 e. The Kier molecular flexibility index (Phi) is 4.95. The van der Waals surface area contributed by atoms with Crippen LogP contribution in [-0.2, 0) is 13.6 Å². The van der Waals surface area contributed by atoms with E-state index in [1.807, 2.05) is 17.9 Å². The molecule has 0 N–H and O–H groups in total. The van der Waals surface area contributed by atoms with Gasteiger partial charge < -0.3 is 4.90 Å². The number of aryl methyl sites for hydroxylation is 1. The normalized spacial score (nSPS) is 23.3. The molecule has 2 saturated heterocycles. The summed E-state index contributed by atoms with van der Waals surface area (Å²) in [5, 5.41) is 4.36. The van der Waals surface area contributed by atoms with Gasteiger partial charge in [0.25, 0.3) is 0 Å². The summed E-state index contributed by atoms with van der Waals surface area (Å²) in [4.78, 5) is 12.9. The third-order valence-electron chi connectivity index (χ3n) is 7.19. The summed E-state index contributed by atoms with van der Waals surface area (Å²) >= 11 is 0. The van der Waals surface area contributed by atoms with Gasteiger partial charge in [0.1, 0.15) is 11.5 Å². The fourth-order valence-corrected chi connectivity index (χ4v) is 5.34. The molecular formula is C24H33N7. The lowest BCUT2D eigenvalue weighted by molar-refractivity contribution is 0.0640. The Morgan fingerprint density at radius 1 is 1.03 bits per heavy atom. The van der Waals surface area contributed by atoms with Crippen LogP contribution in [-0.4, -0.2) is 68.2 Å². The van der Waals surface area contributed by atoms with Crippen LogP contribution in [0.3, 0.4) is 0 Å². The third kappa shape index (κ3) is 3.96. The molecule has 3 fully saturated rings. The standard InChI is InChI=1S/C24H33N7/c1-27-14-20(13-25-27)15-28-11-12-30(16-19-7-8-19)22(18-28)21-17-31-23(26-21)5-4-6-24(31)29-9-2-3-10-29/h4-6,13-14,17,19,22H,2-3,7-12,15-16,18H2,1H3/t22-/m0/s1. The summed E-state index contributed by atoms with van der Waals surface area (Å²) in [5.74, 6) is 2.19. The van der Waals surface area contributed by atoms with Gasteiger partial charge in [-0.15, -0.1) is 0 Å². The molecule has 164 valence electrons. The Morgan fingerprint density at radius 2 is 1.90 bits per heavy atom. The van der Waals surface area contributed by atoms with Crippen molar-refractivity contribution in [2.45, 2.75) is 38.3 Å². The minimum atomic E-state index is 0.359. The topological polar surface area (TPSA) is 44.8 Å². The van der Waals surface area contributed by atoms with Gasteiger partial charge in [0.2, 0.25) is 0 Å². The number of hydrogen-bond acceptors (Lipinski definition) is 5. The van der Waals surface area contributed by atoms with Crippen molar-refractivity contribution >= 4 is 11.5 Å². The summed E-state index contributed by atoms with van der Waals surface area (Å²) in [7, 11) is 1.99. The first-order chi connectivity index (χ1) is 15.2. The lowest BCUT2D eigenvalue weighted by Gasteiger charge is -2.40. The minimum absolute atomic E-state index is 0.359. The highest BCUT2D eigenvalue weighted by atomic mass is 15.3. The van der Waals surface area contributed by atoms with E-state index in [9.17, 15) is 0 Å². The van der Waals surface area contributed by atoms with Crippen LogP contribution in [0.5, 0.6) is 0 Å². The molecule has 2 aliphatic heterocycles. The number of pyridine rings is 1. The van der Waals surface area contributed by atoms with Crippen LogP contribution in [0.15, 0.2) is 36.8 Å². The van der Waals surface area contributed by atoms with Crippen LogP contribution in [0.4, 0.5) is 5.82 Å². The van der Waals surface area contributed by atoms with Crippen molar-refractivity contribution in [2.24, 2.45) is 13.0 Å². The molecule has 0 amide bonds. The lowest BCUT2D eigenvalue weighted by Crippen LogP contribution is -2.48. The van der Waals surface area contributed by atoms with Crippen LogP contribution in [0.25, 0.3) is 5.65 Å². The van der Waals surface area contributed by atoms with Crippen molar-refractivity contribution in [3.05, 3.63) is 48.0 Å². The molecule has 0 aromatic carbocycles. The molecule has 0 radical (unpaired) electrons. The summed E-state index contributed by atoms with van der Waals surface area (Å²) in [6, 6.07) is 6.93. The number of rotatable bonds is 6. The van der Waals surface area contributed by atoms with Crippen molar-refractivity contribution in [3.63, 3.8) is 0 Å².